The third-order valence-corrected chi connectivity index (χ3v) is 3.58. The molecular weight excluding hydrogens is 238 g/mol. The average molecular weight is 253 g/mol. The Labute approximate surface area is 112 Å². The molecule has 0 unspecified atom stereocenters. The van der Waals surface area contributed by atoms with Gasteiger partial charge in [0.2, 0.25) is 5.91 Å². The number of anilines is 1. The van der Waals surface area contributed by atoms with Crippen LogP contribution in [0, 0.1) is 0 Å². The van der Waals surface area contributed by atoms with Crippen molar-refractivity contribution in [2.24, 2.45) is 0 Å². The Morgan fingerprint density at radius 1 is 1.11 bits per heavy atom. The van der Waals surface area contributed by atoms with Crippen LogP contribution < -0.4 is 9.64 Å². The number of carbonyl (C=O) groups excluding carboxylic acids is 1. The second-order valence-corrected chi connectivity index (χ2v) is 4.67. The third kappa shape index (κ3) is 1.87. The number of nitrogens with zero attached hydrogens (tertiary/aromatic N) is 1. The maximum atomic E-state index is 12.2. The Kier molecular flexibility index (Phi) is 2.75. The monoisotopic (exact) mass is 253 g/mol. The van der Waals surface area contributed by atoms with Crippen LogP contribution in [-0.4, -0.2) is 20.1 Å². The van der Waals surface area contributed by atoms with E-state index in [1.165, 1.54) is 0 Å². The summed E-state index contributed by atoms with van der Waals surface area (Å²) in [5.74, 6) is 0.882. The van der Waals surface area contributed by atoms with Crippen LogP contribution in [0.4, 0.5) is 5.69 Å². The highest BCUT2D eigenvalue weighted by atomic mass is 16.5. The van der Waals surface area contributed by atoms with Gasteiger partial charge >= 0.3 is 0 Å². The Hall–Kier alpha value is -2.29. The van der Waals surface area contributed by atoms with Crippen LogP contribution in [0.3, 0.4) is 0 Å². The van der Waals surface area contributed by atoms with E-state index >= 15 is 0 Å². The molecule has 0 bridgehead atoms. The fourth-order valence-electron chi connectivity index (χ4n) is 2.52. The van der Waals surface area contributed by atoms with Gasteiger partial charge in [-0.2, -0.15) is 0 Å². The summed E-state index contributed by atoms with van der Waals surface area (Å²) in [6.07, 6.45) is 0.401. The number of fused-ring (bicyclic) bond motifs is 3. The van der Waals surface area contributed by atoms with Crippen LogP contribution in [0.15, 0.2) is 42.5 Å². The number of para-hydroxylation sites is 1. The molecule has 0 atom stereocenters. The lowest BCUT2D eigenvalue weighted by molar-refractivity contribution is -0.117. The molecule has 0 aliphatic carbocycles. The van der Waals surface area contributed by atoms with Crippen molar-refractivity contribution in [1.29, 1.82) is 0 Å². The van der Waals surface area contributed by atoms with Gasteiger partial charge in [0.15, 0.2) is 0 Å². The van der Waals surface area contributed by atoms with Crippen LogP contribution in [0.5, 0.6) is 5.75 Å². The summed E-state index contributed by atoms with van der Waals surface area (Å²) >= 11 is 0. The van der Waals surface area contributed by atoms with Crippen molar-refractivity contribution in [3.8, 4) is 16.9 Å². The zero-order valence-electron chi connectivity index (χ0n) is 11.0. The summed E-state index contributed by atoms with van der Waals surface area (Å²) in [5.41, 5.74) is 4.17. The van der Waals surface area contributed by atoms with Gasteiger partial charge in [0.25, 0.3) is 0 Å². The molecule has 3 nitrogen and oxygen atoms in total. The topological polar surface area (TPSA) is 29.5 Å². The number of hydrogen-bond acceptors (Lipinski definition) is 2. The van der Waals surface area contributed by atoms with Crippen molar-refractivity contribution >= 4 is 11.6 Å². The number of methoxy groups -OCH3 is 1. The Bertz CT molecular complexity index is 649. The maximum Gasteiger partial charge on any atom is 0.231 e. The SMILES string of the molecule is COc1ccc2c(c1)CC(=O)N(C)c1ccccc1-2. The summed E-state index contributed by atoms with van der Waals surface area (Å²) in [6.45, 7) is 0. The van der Waals surface area contributed by atoms with E-state index in [9.17, 15) is 4.79 Å². The number of ether oxygens (including phenoxy) is 1. The van der Waals surface area contributed by atoms with Crippen LogP contribution in [0.1, 0.15) is 5.56 Å². The fourth-order valence-corrected chi connectivity index (χ4v) is 2.52. The average Bonchev–Trinajstić information content (AvgIpc) is 2.55. The number of carbonyl (C=O) groups is 1. The first-order valence-electron chi connectivity index (χ1n) is 6.23. The van der Waals surface area contributed by atoms with E-state index in [4.69, 9.17) is 4.74 Å². The standard InChI is InChI=1S/C16H15NO2/c1-17-15-6-4-3-5-14(15)13-8-7-12(19-2)9-11(13)10-16(17)18/h3-9H,10H2,1-2H3. The van der Waals surface area contributed by atoms with E-state index in [-0.39, 0.29) is 5.91 Å². The van der Waals surface area contributed by atoms with E-state index in [2.05, 4.69) is 6.07 Å². The van der Waals surface area contributed by atoms with Crippen molar-refractivity contribution < 1.29 is 9.53 Å². The minimum absolute atomic E-state index is 0.0967. The molecule has 96 valence electrons. The van der Waals surface area contributed by atoms with Crippen LogP contribution in [-0.2, 0) is 11.2 Å². The van der Waals surface area contributed by atoms with Crippen molar-refractivity contribution in [2.75, 3.05) is 19.1 Å². The first-order chi connectivity index (χ1) is 9.20. The minimum atomic E-state index is 0.0967. The lowest BCUT2D eigenvalue weighted by Gasteiger charge is -2.17. The number of hydrogen-bond donors (Lipinski definition) is 0. The van der Waals surface area contributed by atoms with Crippen molar-refractivity contribution in [3.63, 3.8) is 0 Å². The van der Waals surface area contributed by atoms with Gasteiger partial charge in [-0.3, -0.25) is 4.79 Å². The molecule has 1 aliphatic rings. The van der Waals surface area contributed by atoms with Crippen LogP contribution in [0.25, 0.3) is 11.1 Å². The van der Waals surface area contributed by atoms with E-state index < -0.39 is 0 Å². The van der Waals surface area contributed by atoms with Crippen molar-refractivity contribution in [3.05, 3.63) is 48.0 Å². The molecule has 0 N–H and O–H groups in total. The predicted octanol–water partition coefficient (Wildman–Crippen LogP) is 2.88. The molecule has 3 rings (SSSR count). The first kappa shape index (κ1) is 11.8. The van der Waals surface area contributed by atoms with Gasteiger partial charge in [0.05, 0.1) is 19.2 Å². The van der Waals surface area contributed by atoms with Gasteiger partial charge in [0.1, 0.15) is 5.75 Å². The fraction of sp³-hybridized carbons (Fsp3) is 0.188. The largest absolute Gasteiger partial charge is 0.497 e. The van der Waals surface area contributed by atoms with Gasteiger partial charge in [-0.05, 0) is 29.3 Å². The maximum absolute atomic E-state index is 12.2. The molecule has 19 heavy (non-hydrogen) atoms. The molecule has 0 radical (unpaired) electrons. The van der Waals surface area contributed by atoms with Gasteiger partial charge in [0, 0.05) is 12.6 Å². The molecule has 0 fully saturated rings. The molecule has 0 saturated carbocycles. The third-order valence-electron chi connectivity index (χ3n) is 3.58. The number of benzene rings is 2. The van der Waals surface area contributed by atoms with Crippen molar-refractivity contribution in [1.82, 2.24) is 0 Å². The normalized spacial score (nSPS) is 13.6. The summed E-state index contributed by atoms with van der Waals surface area (Å²) in [7, 11) is 3.46. The van der Waals surface area contributed by atoms with E-state index in [1.54, 1.807) is 12.0 Å². The molecule has 1 aliphatic heterocycles. The summed E-state index contributed by atoms with van der Waals surface area (Å²) in [4.78, 5) is 13.9. The van der Waals surface area contributed by atoms with Crippen molar-refractivity contribution in [2.45, 2.75) is 6.42 Å². The molecule has 0 aromatic heterocycles. The van der Waals surface area contributed by atoms with Crippen LogP contribution in [0.2, 0.25) is 0 Å². The second kappa shape index (κ2) is 4.43. The summed E-state index contributed by atoms with van der Waals surface area (Å²) < 4.78 is 5.25. The Morgan fingerprint density at radius 3 is 2.68 bits per heavy atom. The molecule has 1 amide bonds. The molecule has 2 aromatic rings. The zero-order valence-corrected chi connectivity index (χ0v) is 11.0. The van der Waals surface area contributed by atoms with E-state index in [0.717, 1.165) is 28.1 Å². The number of amides is 1. The Morgan fingerprint density at radius 2 is 1.89 bits per heavy atom. The molecular formula is C16H15NO2. The van der Waals surface area contributed by atoms with E-state index in [1.807, 2.05) is 43.4 Å². The summed E-state index contributed by atoms with van der Waals surface area (Å²) in [6, 6.07) is 13.9. The minimum Gasteiger partial charge on any atom is -0.497 e. The van der Waals surface area contributed by atoms with Gasteiger partial charge in [-0.1, -0.05) is 24.3 Å². The lowest BCUT2D eigenvalue weighted by Crippen LogP contribution is -2.26. The van der Waals surface area contributed by atoms with Crippen LogP contribution >= 0.6 is 0 Å². The molecule has 2 aromatic carbocycles. The zero-order chi connectivity index (χ0) is 13.4. The quantitative estimate of drug-likeness (QED) is 0.782. The highest BCUT2D eigenvalue weighted by Crippen LogP contribution is 2.37. The van der Waals surface area contributed by atoms with E-state index in [0.29, 0.717) is 6.42 Å². The Balaban J connectivity index is 2.26. The summed E-state index contributed by atoms with van der Waals surface area (Å²) in [5, 5.41) is 0. The molecule has 0 saturated heterocycles. The molecule has 1 heterocycles. The van der Waals surface area contributed by atoms with Gasteiger partial charge in [-0.15, -0.1) is 0 Å². The van der Waals surface area contributed by atoms with Gasteiger partial charge in [-0.25, -0.2) is 0 Å². The number of rotatable bonds is 1. The molecule has 0 spiro atoms. The van der Waals surface area contributed by atoms with Gasteiger partial charge < -0.3 is 9.64 Å². The lowest BCUT2D eigenvalue weighted by atomic mass is 9.97. The highest BCUT2D eigenvalue weighted by molar-refractivity contribution is 6.02. The highest BCUT2D eigenvalue weighted by Gasteiger charge is 2.22. The molecule has 3 heteroatoms. The second-order valence-electron chi connectivity index (χ2n) is 4.67. The predicted molar refractivity (Wildman–Crippen MR) is 75.5 cm³/mol. The smallest absolute Gasteiger partial charge is 0.231 e. The first-order valence-corrected chi connectivity index (χ1v) is 6.23. The number of likely N-dealkylation sites (N-methyl/N-ethyl adjacent to an activating group) is 1.